The number of rotatable bonds is 17. The molecule has 0 aromatic heterocycles. The zero-order valence-electron chi connectivity index (χ0n) is 31.8. The first kappa shape index (κ1) is 42.1. The van der Waals surface area contributed by atoms with Gasteiger partial charge < -0.3 is 21.1 Å². The average molecular weight is 802 g/mol. The van der Waals surface area contributed by atoms with Gasteiger partial charge in [-0.1, -0.05) is 124 Å². The van der Waals surface area contributed by atoms with Gasteiger partial charge in [0.25, 0.3) is 5.91 Å². The van der Waals surface area contributed by atoms with E-state index in [0.717, 1.165) is 10.5 Å². The number of nitrogens with two attached hydrogens (primary N) is 1. The first-order chi connectivity index (χ1) is 26.6. The molecule has 4 N–H and O–H groups in total. The van der Waals surface area contributed by atoms with Gasteiger partial charge in [-0.05, 0) is 47.6 Å². The standard InChI is InChI=1S/C42H48ClN5O7S/c1-27(2)23-46(56(54,55)33-19-20-34(43)35(44)22-33)25-37(49)36(21-29-11-7-5-8-12-29)45-41(52)39(28(3)4)48-26-38(50)47(42(48)53)24-30-15-17-32(18-16-30)40(51)31-13-9-6-10-14-31/h5-20,22,27-28,36-37,39,49H,21,23-26,44H2,1-4H3,(H,45,52)/t36-,37-,39-/m0/s1. The highest BCUT2D eigenvalue weighted by Crippen LogP contribution is 2.27. The Hall–Kier alpha value is -5.08. The molecule has 296 valence electrons. The number of benzene rings is 4. The highest BCUT2D eigenvalue weighted by molar-refractivity contribution is 7.89. The molecule has 4 amide bonds. The van der Waals surface area contributed by atoms with Gasteiger partial charge in [0.15, 0.2) is 5.78 Å². The van der Waals surface area contributed by atoms with Gasteiger partial charge in [0.05, 0.1) is 34.3 Å². The van der Waals surface area contributed by atoms with Gasteiger partial charge in [-0.15, -0.1) is 0 Å². The molecule has 0 bridgehead atoms. The van der Waals surface area contributed by atoms with E-state index in [0.29, 0.717) is 16.7 Å². The Balaban J connectivity index is 1.35. The molecule has 14 heteroatoms. The Bertz CT molecular complexity index is 2130. The molecule has 1 aliphatic rings. The fraction of sp³-hybridized carbons (Fsp3) is 0.333. The summed E-state index contributed by atoms with van der Waals surface area (Å²) in [4.78, 5) is 56.5. The van der Waals surface area contributed by atoms with Gasteiger partial charge in [-0.3, -0.25) is 19.3 Å². The Morgan fingerprint density at radius 1 is 0.857 bits per heavy atom. The van der Waals surface area contributed by atoms with Crippen LogP contribution in [0.15, 0.2) is 108 Å². The van der Waals surface area contributed by atoms with Crippen LogP contribution in [0.1, 0.15) is 54.7 Å². The Kier molecular flexibility index (Phi) is 13.7. The number of aliphatic hydroxyl groups excluding tert-OH is 1. The monoisotopic (exact) mass is 801 g/mol. The van der Waals surface area contributed by atoms with Crippen molar-refractivity contribution >= 4 is 50.9 Å². The van der Waals surface area contributed by atoms with Crippen molar-refractivity contribution in [1.29, 1.82) is 0 Å². The summed E-state index contributed by atoms with van der Waals surface area (Å²) in [5.74, 6) is -1.81. The van der Waals surface area contributed by atoms with E-state index in [9.17, 15) is 32.7 Å². The molecule has 0 aliphatic carbocycles. The summed E-state index contributed by atoms with van der Waals surface area (Å²) >= 11 is 6.06. The van der Waals surface area contributed by atoms with E-state index in [-0.39, 0.29) is 59.9 Å². The quantitative estimate of drug-likeness (QED) is 0.0727. The molecule has 0 saturated carbocycles. The molecule has 1 aliphatic heterocycles. The number of nitrogen functional groups attached to an aromatic ring is 1. The summed E-state index contributed by atoms with van der Waals surface area (Å²) in [7, 11) is -4.16. The van der Waals surface area contributed by atoms with E-state index in [1.165, 1.54) is 27.4 Å². The van der Waals surface area contributed by atoms with Crippen molar-refractivity contribution in [3.8, 4) is 0 Å². The third kappa shape index (κ3) is 10.0. The van der Waals surface area contributed by atoms with Crippen LogP contribution in [0.25, 0.3) is 0 Å². The van der Waals surface area contributed by atoms with Crippen molar-refractivity contribution in [1.82, 2.24) is 19.4 Å². The van der Waals surface area contributed by atoms with E-state index in [1.807, 2.05) is 50.2 Å². The number of hydrogen-bond acceptors (Lipinski definition) is 8. The van der Waals surface area contributed by atoms with Gasteiger partial charge in [-0.25, -0.2) is 13.2 Å². The summed E-state index contributed by atoms with van der Waals surface area (Å²) in [5, 5.41) is 14.9. The Labute approximate surface area is 333 Å². The van der Waals surface area contributed by atoms with Crippen LogP contribution in [0.2, 0.25) is 5.02 Å². The van der Waals surface area contributed by atoms with Crippen LogP contribution in [-0.2, 0) is 32.6 Å². The number of urea groups is 1. The van der Waals surface area contributed by atoms with Crippen molar-refractivity contribution in [3.63, 3.8) is 0 Å². The summed E-state index contributed by atoms with van der Waals surface area (Å²) in [6.07, 6.45) is -1.25. The van der Waals surface area contributed by atoms with Crippen molar-refractivity contribution in [2.45, 2.75) is 63.7 Å². The maximum absolute atomic E-state index is 14.2. The molecule has 3 atom stereocenters. The van der Waals surface area contributed by atoms with Crippen LogP contribution in [0, 0.1) is 11.8 Å². The molecule has 4 aromatic carbocycles. The van der Waals surface area contributed by atoms with Crippen molar-refractivity contribution in [2.75, 3.05) is 25.4 Å². The average Bonchev–Trinajstić information content (AvgIpc) is 3.43. The maximum Gasteiger partial charge on any atom is 0.328 e. The van der Waals surface area contributed by atoms with Crippen LogP contribution >= 0.6 is 11.6 Å². The molecule has 4 aromatic rings. The fourth-order valence-electron chi connectivity index (χ4n) is 6.70. The number of halogens is 1. The van der Waals surface area contributed by atoms with Crippen LogP contribution in [0.5, 0.6) is 0 Å². The second kappa shape index (κ2) is 18.2. The third-order valence-electron chi connectivity index (χ3n) is 9.57. The largest absolute Gasteiger partial charge is 0.397 e. The summed E-state index contributed by atoms with van der Waals surface area (Å²) < 4.78 is 29.0. The normalized spacial score (nSPS) is 15.1. The highest BCUT2D eigenvalue weighted by Gasteiger charge is 2.44. The number of sulfonamides is 1. The topological polar surface area (TPSA) is 170 Å². The number of nitrogens with zero attached hydrogens (tertiary/aromatic N) is 3. The predicted octanol–water partition coefficient (Wildman–Crippen LogP) is 5.38. The number of aliphatic hydroxyl groups is 1. The van der Waals surface area contributed by atoms with Crippen LogP contribution in [0.3, 0.4) is 0 Å². The molecular formula is C42H48ClN5O7S. The molecule has 0 spiro atoms. The minimum Gasteiger partial charge on any atom is -0.397 e. The second-order valence-corrected chi connectivity index (χ2v) is 17.1. The first-order valence-electron chi connectivity index (χ1n) is 18.4. The Morgan fingerprint density at radius 2 is 1.46 bits per heavy atom. The number of carbonyl (C=O) groups excluding carboxylic acids is 4. The van der Waals surface area contributed by atoms with E-state index in [2.05, 4.69) is 5.32 Å². The van der Waals surface area contributed by atoms with Crippen LogP contribution in [-0.4, -0.2) is 89.1 Å². The van der Waals surface area contributed by atoms with Crippen molar-refractivity contribution in [3.05, 3.63) is 130 Å². The van der Waals surface area contributed by atoms with Gasteiger partial charge >= 0.3 is 6.03 Å². The lowest BCUT2D eigenvalue weighted by Gasteiger charge is -2.34. The smallest absolute Gasteiger partial charge is 0.328 e. The SMILES string of the molecule is CC(C)CN(C[C@H](O)[C@H](Cc1ccccc1)NC(=O)[C@H](C(C)C)N1CC(=O)N(Cc2ccc(C(=O)c3ccccc3)cc2)C1=O)S(=O)(=O)c1ccc(Cl)c(N)c1. The van der Waals surface area contributed by atoms with Gasteiger partial charge in [0.2, 0.25) is 15.9 Å². The highest BCUT2D eigenvalue weighted by atomic mass is 35.5. The summed E-state index contributed by atoms with van der Waals surface area (Å²) in [6, 6.07) is 25.9. The number of ketones is 1. The lowest BCUT2D eigenvalue weighted by molar-refractivity contribution is -0.129. The van der Waals surface area contributed by atoms with Gasteiger partial charge in [-0.2, -0.15) is 4.31 Å². The van der Waals surface area contributed by atoms with Gasteiger partial charge in [0, 0.05) is 24.2 Å². The zero-order valence-corrected chi connectivity index (χ0v) is 33.4. The molecule has 5 rings (SSSR count). The molecular weight excluding hydrogens is 754 g/mol. The molecule has 12 nitrogen and oxygen atoms in total. The molecule has 56 heavy (non-hydrogen) atoms. The molecule has 1 saturated heterocycles. The second-order valence-electron chi connectivity index (χ2n) is 14.7. The zero-order chi connectivity index (χ0) is 40.7. The first-order valence-corrected chi connectivity index (χ1v) is 20.3. The molecule has 1 fully saturated rings. The van der Waals surface area contributed by atoms with Crippen molar-refractivity contribution < 1.29 is 32.7 Å². The lowest BCUT2D eigenvalue weighted by atomic mass is 9.97. The maximum atomic E-state index is 14.2. The Morgan fingerprint density at radius 3 is 2.05 bits per heavy atom. The minimum absolute atomic E-state index is 0.0603. The summed E-state index contributed by atoms with van der Waals surface area (Å²) in [5.41, 5.74) is 8.43. The number of carbonyl (C=O) groups is 4. The van der Waals surface area contributed by atoms with E-state index < -0.39 is 52.0 Å². The number of hydrogen-bond donors (Lipinski definition) is 3. The number of amides is 4. The third-order valence-corrected chi connectivity index (χ3v) is 11.7. The number of imide groups is 1. The van der Waals surface area contributed by atoms with E-state index >= 15 is 0 Å². The minimum atomic E-state index is -4.16. The lowest BCUT2D eigenvalue weighted by Crippen LogP contribution is -2.57. The summed E-state index contributed by atoms with van der Waals surface area (Å²) in [6.45, 7) is 6.51. The predicted molar refractivity (Wildman–Crippen MR) is 215 cm³/mol. The number of nitrogens with one attached hydrogen (secondary N) is 1. The van der Waals surface area contributed by atoms with Crippen LogP contribution < -0.4 is 11.1 Å². The number of anilines is 1. The fourth-order valence-corrected chi connectivity index (χ4v) is 8.48. The molecule has 0 radical (unpaired) electrons. The van der Waals surface area contributed by atoms with E-state index in [4.69, 9.17) is 17.3 Å². The molecule has 0 unspecified atom stereocenters. The van der Waals surface area contributed by atoms with E-state index in [1.54, 1.807) is 62.4 Å². The van der Waals surface area contributed by atoms with Crippen molar-refractivity contribution in [2.24, 2.45) is 11.8 Å². The molecule has 1 heterocycles. The van der Waals surface area contributed by atoms with Gasteiger partial charge in [0.1, 0.15) is 12.6 Å². The van der Waals surface area contributed by atoms with Crippen LogP contribution in [0.4, 0.5) is 10.5 Å².